The summed E-state index contributed by atoms with van der Waals surface area (Å²) < 4.78 is 25.3. The highest BCUT2D eigenvalue weighted by molar-refractivity contribution is 7.61. The van der Waals surface area contributed by atoms with E-state index in [0.29, 0.717) is 5.75 Å². The van der Waals surface area contributed by atoms with Crippen molar-refractivity contribution < 1.29 is 13.5 Å². The van der Waals surface area contributed by atoms with E-state index in [1.54, 1.807) is 17.1 Å². The zero-order valence-corrected chi connectivity index (χ0v) is 15.0. The molecular weight excluding hydrogens is 338 g/mol. The van der Waals surface area contributed by atoms with Crippen LogP contribution in [0.15, 0.2) is 59.1 Å². The Hall–Kier alpha value is -2.38. The van der Waals surface area contributed by atoms with E-state index < -0.39 is 10.5 Å². The first-order valence-corrected chi connectivity index (χ1v) is 9.21. The third-order valence-electron chi connectivity index (χ3n) is 3.86. The second-order valence-electron chi connectivity index (χ2n) is 5.80. The minimum absolute atomic E-state index is 0.150. The molecule has 0 unspecified atom stereocenters. The Kier molecular flexibility index (Phi) is 7.43. The smallest absolute Gasteiger partial charge is 0.333 e. The normalized spacial score (nSPS) is 14.1. The highest BCUT2D eigenvalue weighted by atomic mass is 32.2. The van der Waals surface area contributed by atoms with Gasteiger partial charge >= 0.3 is 10.5 Å². The molecule has 1 aliphatic heterocycles. The van der Waals surface area contributed by atoms with Gasteiger partial charge in [-0.2, -0.15) is 8.42 Å². The minimum atomic E-state index is -2.42. The molecule has 0 radical (unpaired) electrons. The summed E-state index contributed by atoms with van der Waals surface area (Å²) in [6, 6.07) is 16.7. The summed E-state index contributed by atoms with van der Waals surface area (Å²) in [5.41, 5.74) is 1.99. The summed E-state index contributed by atoms with van der Waals surface area (Å²) in [5.74, 6) is 0.329. The Balaban J connectivity index is 0.000000236. The highest BCUT2D eigenvalue weighted by Crippen LogP contribution is 2.21. The first-order valence-electron chi connectivity index (χ1n) is 8.18. The van der Waals surface area contributed by atoms with Gasteiger partial charge < -0.3 is 10.4 Å². The standard InChI is InChI=1S/C11H15N3O2S.C7H8O/c15-17(16)13-14(10-4-2-1-3-5-10)11-6-8-12-9-7-11;1-6-2-4-7(8)5-3-6/h1-5,11-12H,6-9H2;2-5,8H,1H3. The lowest BCUT2D eigenvalue weighted by atomic mass is 10.1. The fourth-order valence-corrected chi connectivity index (χ4v) is 2.94. The van der Waals surface area contributed by atoms with E-state index in [1.165, 1.54) is 5.56 Å². The minimum Gasteiger partial charge on any atom is -0.508 e. The van der Waals surface area contributed by atoms with Crippen molar-refractivity contribution in [3.63, 3.8) is 0 Å². The monoisotopic (exact) mass is 361 g/mol. The molecule has 2 N–H and O–H groups in total. The molecule has 1 heterocycles. The zero-order valence-electron chi connectivity index (χ0n) is 14.2. The van der Waals surface area contributed by atoms with E-state index in [1.807, 2.05) is 49.4 Å². The number of hydrogen-bond acceptors (Lipinski definition) is 5. The van der Waals surface area contributed by atoms with Crippen LogP contribution in [0.1, 0.15) is 18.4 Å². The number of aryl methyl sites for hydroxylation is 1. The molecule has 2 aromatic rings. The van der Waals surface area contributed by atoms with Crippen molar-refractivity contribution in [3.05, 3.63) is 60.2 Å². The molecule has 3 rings (SSSR count). The van der Waals surface area contributed by atoms with Crippen molar-refractivity contribution in [1.82, 2.24) is 5.32 Å². The number of nitrogens with zero attached hydrogens (tertiary/aromatic N) is 2. The molecule has 2 aromatic carbocycles. The van der Waals surface area contributed by atoms with E-state index in [0.717, 1.165) is 31.6 Å². The lowest BCUT2D eigenvalue weighted by molar-refractivity contribution is 0.434. The van der Waals surface area contributed by atoms with Crippen LogP contribution in [-0.2, 0) is 10.5 Å². The number of phenols is 1. The summed E-state index contributed by atoms with van der Waals surface area (Å²) in [6.45, 7) is 3.78. The topological polar surface area (TPSA) is 82.0 Å². The van der Waals surface area contributed by atoms with Crippen molar-refractivity contribution in [2.45, 2.75) is 25.8 Å². The molecule has 1 fully saturated rings. The van der Waals surface area contributed by atoms with Gasteiger partial charge in [0.25, 0.3) is 0 Å². The fourth-order valence-electron chi connectivity index (χ4n) is 2.57. The third kappa shape index (κ3) is 6.56. The molecule has 0 aromatic heterocycles. The number of hydrogen-bond donors (Lipinski definition) is 2. The van der Waals surface area contributed by atoms with Gasteiger partial charge in [-0.25, -0.2) is 5.01 Å². The van der Waals surface area contributed by atoms with Crippen LogP contribution in [0.25, 0.3) is 0 Å². The van der Waals surface area contributed by atoms with Crippen molar-refractivity contribution in [2.24, 2.45) is 4.47 Å². The molecule has 0 atom stereocenters. The number of benzene rings is 2. The molecule has 134 valence electrons. The summed E-state index contributed by atoms with van der Waals surface area (Å²) >= 11 is 0. The SMILES string of the molecule is Cc1ccc(O)cc1.O=S(=O)=NN(c1ccccc1)C1CCNCC1. The average molecular weight is 361 g/mol. The number of aromatic hydroxyl groups is 1. The van der Waals surface area contributed by atoms with E-state index in [2.05, 4.69) is 9.79 Å². The number of para-hydroxylation sites is 1. The van der Waals surface area contributed by atoms with Gasteiger partial charge in [-0.15, -0.1) is 0 Å². The first-order chi connectivity index (χ1) is 12.1. The molecule has 0 aliphatic carbocycles. The van der Waals surface area contributed by atoms with Crippen LogP contribution in [0.5, 0.6) is 5.75 Å². The lowest BCUT2D eigenvalue weighted by Gasteiger charge is -2.30. The zero-order chi connectivity index (χ0) is 18.1. The van der Waals surface area contributed by atoms with Gasteiger partial charge in [0.2, 0.25) is 0 Å². The molecule has 0 spiro atoms. The Labute approximate surface area is 149 Å². The van der Waals surface area contributed by atoms with E-state index >= 15 is 0 Å². The molecule has 7 heteroatoms. The van der Waals surface area contributed by atoms with Gasteiger partial charge in [0.15, 0.2) is 0 Å². The maximum Gasteiger partial charge on any atom is 0.333 e. The Bertz CT molecular complexity index is 742. The first kappa shape index (κ1) is 19.0. The quantitative estimate of drug-likeness (QED) is 0.822. The van der Waals surface area contributed by atoms with Crippen molar-refractivity contribution in [1.29, 1.82) is 0 Å². The Morgan fingerprint density at radius 3 is 2.16 bits per heavy atom. The predicted octanol–water partition coefficient (Wildman–Crippen LogP) is 2.92. The fraction of sp³-hybridized carbons (Fsp3) is 0.333. The summed E-state index contributed by atoms with van der Waals surface area (Å²) in [7, 11) is -2.42. The number of phenolic OH excluding ortho intramolecular Hbond substituents is 1. The molecule has 25 heavy (non-hydrogen) atoms. The van der Waals surface area contributed by atoms with Crippen molar-refractivity contribution in [3.8, 4) is 5.75 Å². The molecule has 0 bridgehead atoms. The maximum absolute atomic E-state index is 10.8. The largest absolute Gasteiger partial charge is 0.508 e. The van der Waals surface area contributed by atoms with Crippen molar-refractivity contribution >= 4 is 16.2 Å². The lowest BCUT2D eigenvalue weighted by Crippen LogP contribution is -2.40. The van der Waals surface area contributed by atoms with Crippen LogP contribution in [0.4, 0.5) is 5.69 Å². The average Bonchev–Trinajstić information content (AvgIpc) is 2.64. The molecular formula is C18H23N3O3S. The Morgan fingerprint density at radius 2 is 1.64 bits per heavy atom. The third-order valence-corrected chi connectivity index (χ3v) is 4.17. The second-order valence-corrected chi connectivity index (χ2v) is 6.39. The van der Waals surface area contributed by atoms with Gasteiger partial charge in [-0.05, 0) is 57.1 Å². The number of nitrogens with one attached hydrogen (secondary N) is 1. The van der Waals surface area contributed by atoms with Gasteiger partial charge in [0.05, 0.1) is 11.7 Å². The molecule has 6 nitrogen and oxygen atoms in total. The summed E-state index contributed by atoms with van der Waals surface area (Å²) in [5, 5.41) is 13.6. The molecule has 1 saturated heterocycles. The predicted molar refractivity (Wildman–Crippen MR) is 99.0 cm³/mol. The number of piperidine rings is 1. The van der Waals surface area contributed by atoms with Gasteiger partial charge in [-0.3, -0.25) is 0 Å². The Morgan fingerprint density at radius 1 is 1.04 bits per heavy atom. The van der Waals surface area contributed by atoms with E-state index in [9.17, 15) is 8.42 Å². The summed E-state index contributed by atoms with van der Waals surface area (Å²) in [6.07, 6.45) is 1.80. The maximum atomic E-state index is 10.8. The molecule has 0 saturated carbocycles. The van der Waals surface area contributed by atoms with Crippen LogP contribution in [0, 0.1) is 6.92 Å². The van der Waals surface area contributed by atoms with Crippen LogP contribution in [0.3, 0.4) is 0 Å². The number of anilines is 1. The van der Waals surface area contributed by atoms with E-state index in [-0.39, 0.29) is 6.04 Å². The highest BCUT2D eigenvalue weighted by Gasteiger charge is 2.21. The second kappa shape index (κ2) is 9.80. The van der Waals surface area contributed by atoms with Crippen LogP contribution >= 0.6 is 0 Å². The van der Waals surface area contributed by atoms with Gasteiger partial charge in [0.1, 0.15) is 5.75 Å². The van der Waals surface area contributed by atoms with Gasteiger partial charge in [0, 0.05) is 0 Å². The molecule has 1 aliphatic rings. The van der Waals surface area contributed by atoms with Crippen molar-refractivity contribution in [2.75, 3.05) is 18.1 Å². The van der Waals surface area contributed by atoms with Crippen LogP contribution in [-0.4, -0.2) is 32.7 Å². The van der Waals surface area contributed by atoms with Crippen LogP contribution < -0.4 is 10.3 Å². The number of rotatable bonds is 3. The summed E-state index contributed by atoms with van der Waals surface area (Å²) in [4.78, 5) is 0. The van der Waals surface area contributed by atoms with Gasteiger partial charge in [-0.1, -0.05) is 40.4 Å². The molecule has 0 amide bonds. The van der Waals surface area contributed by atoms with Crippen LogP contribution in [0.2, 0.25) is 0 Å². The van der Waals surface area contributed by atoms with E-state index in [4.69, 9.17) is 5.11 Å².